The van der Waals surface area contributed by atoms with E-state index in [1.165, 1.54) is 0 Å². The number of piperidine rings is 1. The van der Waals surface area contributed by atoms with Gasteiger partial charge < -0.3 is 10.6 Å². The zero-order valence-corrected chi connectivity index (χ0v) is 8.89. The highest BCUT2D eigenvalue weighted by Crippen LogP contribution is 2.23. The molecule has 1 saturated heterocycles. The first-order valence-electron chi connectivity index (χ1n) is 5.50. The van der Waals surface area contributed by atoms with Crippen molar-refractivity contribution in [1.29, 1.82) is 0 Å². The number of hydrogen-bond donors (Lipinski definition) is 1. The van der Waals surface area contributed by atoms with E-state index in [1.54, 1.807) is 0 Å². The molecule has 0 saturated carbocycles. The second-order valence-electron chi connectivity index (χ2n) is 4.23. The predicted octanol–water partition coefficient (Wildman–Crippen LogP) is 2.00. The molecule has 1 fully saturated rings. The maximum atomic E-state index is 12.0. The summed E-state index contributed by atoms with van der Waals surface area (Å²) in [5, 5.41) is 0. The zero-order chi connectivity index (χ0) is 11.3. The van der Waals surface area contributed by atoms with Crippen LogP contribution in [0, 0.1) is 5.92 Å². The number of nitrogens with two attached hydrogens (primary N) is 1. The molecule has 0 amide bonds. The highest BCUT2D eigenvalue weighted by Gasteiger charge is 2.28. The van der Waals surface area contributed by atoms with Gasteiger partial charge in [-0.15, -0.1) is 0 Å². The van der Waals surface area contributed by atoms with E-state index in [9.17, 15) is 13.2 Å². The third-order valence-corrected chi connectivity index (χ3v) is 2.99. The molecule has 15 heavy (non-hydrogen) atoms. The van der Waals surface area contributed by atoms with Crippen molar-refractivity contribution < 1.29 is 13.2 Å². The Morgan fingerprint density at radius 3 is 2.27 bits per heavy atom. The minimum Gasteiger partial charge on any atom is -0.330 e. The lowest BCUT2D eigenvalue weighted by molar-refractivity contribution is -0.138. The van der Waals surface area contributed by atoms with Crippen LogP contribution in [0.4, 0.5) is 13.2 Å². The van der Waals surface area contributed by atoms with Gasteiger partial charge >= 0.3 is 6.18 Å². The second kappa shape index (κ2) is 5.70. The maximum absolute atomic E-state index is 12.0. The minimum absolute atomic E-state index is 0.152. The van der Waals surface area contributed by atoms with Crippen molar-refractivity contribution in [2.45, 2.75) is 31.9 Å². The molecule has 2 nitrogen and oxygen atoms in total. The Hall–Kier alpha value is -0.290. The van der Waals surface area contributed by atoms with E-state index in [2.05, 4.69) is 0 Å². The van der Waals surface area contributed by atoms with E-state index < -0.39 is 12.6 Å². The molecule has 5 heteroatoms. The Morgan fingerprint density at radius 1 is 1.20 bits per heavy atom. The standard InChI is InChI=1S/C10H19F3N2/c11-10(12,13)4-8-15-6-2-9(1-5-14)3-7-15/h9H,1-8,14H2. The molecule has 0 atom stereocenters. The summed E-state index contributed by atoms with van der Waals surface area (Å²) in [6.07, 6.45) is -1.71. The lowest BCUT2D eigenvalue weighted by Crippen LogP contribution is -2.36. The van der Waals surface area contributed by atoms with Crippen LogP contribution >= 0.6 is 0 Å². The van der Waals surface area contributed by atoms with Gasteiger partial charge in [0.2, 0.25) is 0 Å². The topological polar surface area (TPSA) is 29.3 Å². The van der Waals surface area contributed by atoms with E-state index in [0.717, 1.165) is 32.4 Å². The summed E-state index contributed by atoms with van der Waals surface area (Å²) in [5.74, 6) is 0.622. The first kappa shape index (κ1) is 12.8. The number of halogens is 3. The van der Waals surface area contributed by atoms with Crippen molar-refractivity contribution in [3.05, 3.63) is 0 Å². The van der Waals surface area contributed by atoms with E-state index in [4.69, 9.17) is 5.73 Å². The first-order chi connectivity index (χ1) is 7.01. The molecule has 0 spiro atoms. The Labute approximate surface area is 88.6 Å². The zero-order valence-electron chi connectivity index (χ0n) is 8.89. The van der Waals surface area contributed by atoms with E-state index >= 15 is 0 Å². The van der Waals surface area contributed by atoms with Gasteiger partial charge in [0.1, 0.15) is 0 Å². The van der Waals surface area contributed by atoms with Crippen LogP contribution in [-0.4, -0.2) is 37.3 Å². The number of nitrogens with zero attached hydrogens (tertiary/aromatic N) is 1. The van der Waals surface area contributed by atoms with Gasteiger partial charge in [-0.05, 0) is 44.8 Å². The lowest BCUT2D eigenvalue weighted by atomic mass is 9.93. The average Bonchev–Trinajstić information content (AvgIpc) is 2.16. The van der Waals surface area contributed by atoms with Crippen molar-refractivity contribution in [3.63, 3.8) is 0 Å². The quantitative estimate of drug-likeness (QED) is 0.791. The first-order valence-corrected chi connectivity index (χ1v) is 5.50. The van der Waals surface area contributed by atoms with Gasteiger partial charge in [0, 0.05) is 6.54 Å². The molecule has 0 aliphatic carbocycles. The molecule has 1 aliphatic rings. The van der Waals surface area contributed by atoms with Crippen LogP contribution in [0.25, 0.3) is 0 Å². The lowest BCUT2D eigenvalue weighted by Gasteiger charge is -2.31. The van der Waals surface area contributed by atoms with E-state index in [0.29, 0.717) is 12.5 Å². The average molecular weight is 224 g/mol. The van der Waals surface area contributed by atoms with Gasteiger partial charge in [-0.25, -0.2) is 0 Å². The van der Waals surface area contributed by atoms with Crippen LogP contribution in [-0.2, 0) is 0 Å². The van der Waals surface area contributed by atoms with Crippen molar-refractivity contribution in [3.8, 4) is 0 Å². The van der Waals surface area contributed by atoms with Crippen LogP contribution in [0.5, 0.6) is 0 Å². The van der Waals surface area contributed by atoms with Crippen molar-refractivity contribution in [1.82, 2.24) is 4.90 Å². The fourth-order valence-electron chi connectivity index (χ4n) is 2.02. The molecule has 0 aromatic carbocycles. The largest absolute Gasteiger partial charge is 0.390 e. The number of hydrogen-bond acceptors (Lipinski definition) is 2. The number of alkyl halides is 3. The summed E-state index contributed by atoms with van der Waals surface area (Å²) < 4.78 is 35.9. The van der Waals surface area contributed by atoms with Crippen LogP contribution in [0.3, 0.4) is 0 Å². The molecule has 1 rings (SSSR count). The van der Waals surface area contributed by atoms with Gasteiger partial charge in [-0.3, -0.25) is 0 Å². The fourth-order valence-corrected chi connectivity index (χ4v) is 2.02. The molecule has 1 aliphatic heterocycles. The van der Waals surface area contributed by atoms with Gasteiger partial charge in [-0.2, -0.15) is 13.2 Å². The van der Waals surface area contributed by atoms with Crippen LogP contribution < -0.4 is 5.73 Å². The molecule has 90 valence electrons. The van der Waals surface area contributed by atoms with Gasteiger partial charge in [0.25, 0.3) is 0 Å². The van der Waals surface area contributed by atoms with Crippen LogP contribution in [0.2, 0.25) is 0 Å². The fraction of sp³-hybridized carbons (Fsp3) is 1.00. The highest BCUT2D eigenvalue weighted by molar-refractivity contribution is 4.73. The van der Waals surface area contributed by atoms with Crippen LogP contribution in [0.1, 0.15) is 25.7 Å². The Balaban J connectivity index is 2.15. The molecular weight excluding hydrogens is 205 g/mol. The van der Waals surface area contributed by atoms with Gasteiger partial charge in [-0.1, -0.05) is 0 Å². The van der Waals surface area contributed by atoms with Gasteiger partial charge in [0.05, 0.1) is 6.42 Å². The van der Waals surface area contributed by atoms with E-state index in [1.807, 2.05) is 4.90 Å². The minimum atomic E-state index is -4.02. The summed E-state index contributed by atoms with van der Waals surface area (Å²) in [6.45, 7) is 2.42. The Kier molecular flexibility index (Phi) is 4.86. The summed E-state index contributed by atoms with van der Waals surface area (Å²) in [6, 6.07) is 0. The third-order valence-electron chi connectivity index (χ3n) is 2.99. The summed E-state index contributed by atoms with van der Waals surface area (Å²) in [7, 11) is 0. The molecule has 0 unspecified atom stereocenters. The molecule has 0 bridgehead atoms. The number of rotatable bonds is 4. The van der Waals surface area contributed by atoms with Crippen molar-refractivity contribution in [2.24, 2.45) is 11.7 Å². The third kappa shape index (κ3) is 5.37. The monoisotopic (exact) mass is 224 g/mol. The van der Waals surface area contributed by atoms with Crippen molar-refractivity contribution in [2.75, 3.05) is 26.2 Å². The van der Waals surface area contributed by atoms with Crippen LogP contribution in [0.15, 0.2) is 0 Å². The summed E-state index contributed by atoms with van der Waals surface area (Å²) in [4.78, 5) is 1.90. The van der Waals surface area contributed by atoms with E-state index in [-0.39, 0.29) is 6.54 Å². The molecule has 0 radical (unpaired) electrons. The summed E-state index contributed by atoms with van der Waals surface area (Å²) >= 11 is 0. The highest BCUT2D eigenvalue weighted by atomic mass is 19.4. The normalized spacial score (nSPS) is 20.8. The summed E-state index contributed by atoms with van der Waals surface area (Å²) in [5.41, 5.74) is 5.45. The Morgan fingerprint density at radius 2 is 1.80 bits per heavy atom. The van der Waals surface area contributed by atoms with Crippen molar-refractivity contribution >= 4 is 0 Å². The molecule has 0 aromatic rings. The second-order valence-corrected chi connectivity index (χ2v) is 4.23. The SMILES string of the molecule is NCCC1CCN(CCC(F)(F)F)CC1. The molecule has 2 N–H and O–H groups in total. The number of likely N-dealkylation sites (tertiary alicyclic amines) is 1. The molecule has 1 heterocycles. The Bertz CT molecular complexity index is 174. The smallest absolute Gasteiger partial charge is 0.330 e. The predicted molar refractivity (Wildman–Crippen MR) is 53.5 cm³/mol. The molecular formula is C10H19F3N2. The van der Waals surface area contributed by atoms with Gasteiger partial charge in [0.15, 0.2) is 0 Å². The molecule has 0 aromatic heterocycles. The maximum Gasteiger partial charge on any atom is 0.390 e.